The molecule has 0 aliphatic heterocycles. The Morgan fingerprint density at radius 3 is 2.38 bits per heavy atom. The van der Waals surface area contributed by atoms with E-state index in [0.717, 1.165) is 16.7 Å². The van der Waals surface area contributed by atoms with Crippen molar-refractivity contribution in [1.29, 1.82) is 0 Å². The van der Waals surface area contributed by atoms with Crippen molar-refractivity contribution in [3.05, 3.63) is 65.2 Å². The second-order valence-corrected chi connectivity index (χ2v) is 7.72. The number of nitrogens with one attached hydrogen (secondary N) is 1. The second-order valence-electron chi connectivity index (χ2n) is 7.72. The molecule has 0 aromatic heterocycles. The lowest BCUT2D eigenvalue weighted by atomic mass is 10.1. The van der Waals surface area contributed by atoms with Gasteiger partial charge in [-0.25, -0.2) is 0 Å². The van der Waals surface area contributed by atoms with Crippen LogP contribution in [-0.2, 0) is 16.0 Å². The van der Waals surface area contributed by atoms with Crippen molar-refractivity contribution in [2.24, 2.45) is 0 Å². The van der Waals surface area contributed by atoms with Crippen molar-refractivity contribution in [1.82, 2.24) is 10.2 Å². The lowest BCUT2D eigenvalue weighted by molar-refractivity contribution is -0.141. The number of nitrogens with zero attached hydrogens (tertiary/aromatic N) is 1. The summed E-state index contributed by atoms with van der Waals surface area (Å²) in [4.78, 5) is 27.1. The second kappa shape index (κ2) is 10.6. The highest BCUT2D eigenvalue weighted by Gasteiger charge is 2.26. The lowest BCUT2D eigenvalue weighted by Gasteiger charge is -2.29. The van der Waals surface area contributed by atoms with Crippen LogP contribution in [0.15, 0.2) is 48.5 Å². The van der Waals surface area contributed by atoms with Gasteiger partial charge in [-0.3, -0.25) is 9.59 Å². The zero-order valence-corrected chi connectivity index (χ0v) is 18.1. The van der Waals surface area contributed by atoms with Gasteiger partial charge < -0.3 is 15.0 Å². The maximum absolute atomic E-state index is 13.0. The van der Waals surface area contributed by atoms with Crippen molar-refractivity contribution in [2.75, 3.05) is 13.2 Å². The van der Waals surface area contributed by atoms with Crippen LogP contribution in [0.3, 0.4) is 0 Å². The maximum atomic E-state index is 13.0. The lowest BCUT2D eigenvalue weighted by Crippen LogP contribution is -2.51. The summed E-state index contributed by atoms with van der Waals surface area (Å²) in [6.07, 6.45) is 0.676. The molecule has 0 heterocycles. The molecule has 0 saturated heterocycles. The normalized spacial score (nSPS) is 11.8. The van der Waals surface area contributed by atoms with Crippen LogP contribution < -0.4 is 10.1 Å². The Hall–Kier alpha value is -2.82. The minimum Gasteiger partial charge on any atom is -0.483 e. The number of ether oxygens (including phenoxy) is 1. The van der Waals surface area contributed by atoms with Gasteiger partial charge in [-0.05, 0) is 63.8 Å². The fourth-order valence-corrected chi connectivity index (χ4v) is 3.06. The third kappa shape index (κ3) is 6.93. The van der Waals surface area contributed by atoms with Crippen LogP contribution in [0.5, 0.6) is 5.75 Å². The molecule has 0 aliphatic carbocycles. The Labute approximate surface area is 174 Å². The highest BCUT2D eigenvalue weighted by molar-refractivity contribution is 5.88. The van der Waals surface area contributed by atoms with Gasteiger partial charge in [-0.15, -0.1) is 0 Å². The summed E-state index contributed by atoms with van der Waals surface area (Å²) in [5.41, 5.74) is 3.17. The van der Waals surface area contributed by atoms with Gasteiger partial charge in [0.25, 0.3) is 5.91 Å². The van der Waals surface area contributed by atoms with E-state index in [9.17, 15) is 9.59 Å². The number of amides is 2. The average molecular weight is 397 g/mol. The maximum Gasteiger partial charge on any atom is 0.261 e. The van der Waals surface area contributed by atoms with Crippen LogP contribution in [0.4, 0.5) is 0 Å². The Kier molecular flexibility index (Phi) is 8.25. The van der Waals surface area contributed by atoms with Crippen molar-refractivity contribution in [2.45, 2.75) is 53.1 Å². The minimum absolute atomic E-state index is 0.0159. The molecule has 156 valence electrons. The van der Waals surface area contributed by atoms with Crippen molar-refractivity contribution >= 4 is 11.8 Å². The van der Waals surface area contributed by atoms with Crippen LogP contribution in [0.25, 0.3) is 0 Å². The van der Waals surface area contributed by atoms with Gasteiger partial charge in [0, 0.05) is 12.6 Å². The molecule has 29 heavy (non-hydrogen) atoms. The summed E-state index contributed by atoms with van der Waals surface area (Å²) in [5, 5.41) is 2.89. The molecular weight excluding hydrogens is 364 g/mol. The summed E-state index contributed by atoms with van der Waals surface area (Å²) in [7, 11) is 0. The quantitative estimate of drug-likeness (QED) is 0.704. The molecule has 0 fully saturated rings. The van der Waals surface area contributed by atoms with Crippen LogP contribution in [-0.4, -0.2) is 41.9 Å². The summed E-state index contributed by atoms with van der Waals surface area (Å²) in [6.45, 7) is 9.86. The first kappa shape index (κ1) is 22.5. The van der Waals surface area contributed by atoms with Crippen molar-refractivity contribution < 1.29 is 14.3 Å². The topological polar surface area (TPSA) is 58.6 Å². The zero-order chi connectivity index (χ0) is 21.4. The highest BCUT2D eigenvalue weighted by atomic mass is 16.5. The van der Waals surface area contributed by atoms with Crippen molar-refractivity contribution in [3.8, 4) is 5.75 Å². The standard InChI is InChI=1S/C24H32N2O3/c1-17(2)25-24(28)20(5)26(14-13-21-9-7-6-8-10-21)23(27)16-29-22-15-18(3)11-12-19(22)4/h6-12,15,17,20H,13-14,16H2,1-5H3,(H,25,28)/t20-/m1/s1. The number of aryl methyl sites for hydroxylation is 2. The zero-order valence-electron chi connectivity index (χ0n) is 18.1. The van der Waals surface area contributed by atoms with E-state index in [-0.39, 0.29) is 24.5 Å². The number of carbonyl (C=O) groups excluding carboxylic acids is 2. The molecule has 5 heteroatoms. The number of carbonyl (C=O) groups is 2. The fraction of sp³-hybridized carbons (Fsp3) is 0.417. The molecular formula is C24H32N2O3. The molecule has 5 nitrogen and oxygen atoms in total. The summed E-state index contributed by atoms with van der Waals surface area (Å²) in [6, 6.07) is 15.3. The Morgan fingerprint density at radius 1 is 1.03 bits per heavy atom. The third-order valence-electron chi connectivity index (χ3n) is 4.78. The van der Waals surface area contributed by atoms with E-state index in [0.29, 0.717) is 18.7 Å². The van der Waals surface area contributed by atoms with Gasteiger partial charge in [-0.1, -0.05) is 42.5 Å². The predicted molar refractivity (Wildman–Crippen MR) is 116 cm³/mol. The van der Waals surface area contributed by atoms with Gasteiger partial charge in [0.15, 0.2) is 6.61 Å². The molecule has 2 rings (SSSR count). The number of hydrogen-bond acceptors (Lipinski definition) is 3. The van der Waals surface area contributed by atoms with Gasteiger partial charge in [-0.2, -0.15) is 0 Å². The fourth-order valence-electron chi connectivity index (χ4n) is 3.06. The monoisotopic (exact) mass is 396 g/mol. The Bertz CT molecular complexity index is 818. The van der Waals surface area contributed by atoms with Crippen LogP contribution in [0.2, 0.25) is 0 Å². The number of rotatable bonds is 9. The molecule has 0 bridgehead atoms. The molecule has 0 saturated carbocycles. The third-order valence-corrected chi connectivity index (χ3v) is 4.78. The summed E-state index contributed by atoms with van der Waals surface area (Å²) < 4.78 is 5.80. The van der Waals surface area contributed by atoms with Crippen molar-refractivity contribution in [3.63, 3.8) is 0 Å². The molecule has 2 aromatic rings. The molecule has 0 unspecified atom stereocenters. The van der Waals surface area contributed by atoms with Gasteiger partial charge >= 0.3 is 0 Å². The first-order valence-electron chi connectivity index (χ1n) is 10.1. The van der Waals surface area contributed by atoms with Crippen LogP contribution >= 0.6 is 0 Å². The molecule has 1 atom stereocenters. The van der Waals surface area contributed by atoms with E-state index in [1.54, 1.807) is 11.8 Å². The number of hydrogen-bond donors (Lipinski definition) is 1. The van der Waals surface area contributed by atoms with E-state index in [2.05, 4.69) is 5.32 Å². The summed E-state index contributed by atoms with van der Waals surface area (Å²) in [5.74, 6) is 0.335. The first-order chi connectivity index (χ1) is 13.8. The molecule has 0 aliphatic rings. The highest BCUT2D eigenvalue weighted by Crippen LogP contribution is 2.19. The Balaban J connectivity index is 2.10. The van der Waals surface area contributed by atoms with Gasteiger partial charge in [0.2, 0.25) is 5.91 Å². The molecule has 0 spiro atoms. The molecule has 1 N–H and O–H groups in total. The predicted octanol–water partition coefficient (Wildman–Crippen LogP) is 3.67. The smallest absolute Gasteiger partial charge is 0.261 e. The number of benzene rings is 2. The Morgan fingerprint density at radius 2 is 1.72 bits per heavy atom. The van der Waals surface area contributed by atoms with E-state index < -0.39 is 6.04 Å². The average Bonchev–Trinajstić information content (AvgIpc) is 2.68. The van der Waals surface area contributed by atoms with E-state index >= 15 is 0 Å². The largest absolute Gasteiger partial charge is 0.483 e. The molecule has 2 amide bonds. The summed E-state index contributed by atoms with van der Waals surface area (Å²) >= 11 is 0. The van der Waals surface area contributed by atoms with Gasteiger partial charge in [0.1, 0.15) is 11.8 Å². The first-order valence-corrected chi connectivity index (χ1v) is 10.1. The minimum atomic E-state index is -0.573. The molecule has 2 aromatic carbocycles. The van der Waals surface area contributed by atoms with E-state index in [1.165, 1.54) is 0 Å². The molecule has 0 radical (unpaired) electrons. The van der Waals surface area contributed by atoms with E-state index in [4.69, 9.17) is 4.74 Å². The van der Waals surface area contributed by atoms with E-state index in [1.807, 2.05) is 76.2 Å². The van der Waals surface area contributed by atoms with Crippen LogP contribution in [0, 0.1) is 13.8 Å². The van der Waals surface area contributed by atoms with Gasteiger partial charge in [0.05, 0.1) is 0 Å². The van der Waals surface area contributed by atoms with Crippen LogP contribution in [0.1, 0.15) is 37.5 Å². The SMILES string of the molecule is Cc1ccc(C)c(OCC(=O)N(CCc2ccccc2)[C@H](C)C(=O)NC(C)C)c1.